The van der Waals surface area contributed by atoms with Crippen LogP contribution in [-0.2, 0) is 27.5 Å². The third kappa shape index (κ3) is 7.56. The fourth-order valence-electron chi connectivity index (χ4n) is 3.14. The lowest BCUT2D eigenvalue weighted by molar-refractivity contribution is -0.138. The Morgan fingerprint density at radius 1 is 1.22 bits per heavy atom. The first-order chi connectivity index (χ1) is 12.5. The van der Waals surface area contributed by atoms with Gasteiger partial charge in [0.1, 0.15) is 0 Å². The van der Waals surface area contributed by atoms with E-state index in [0.29, 0.717) is 26.1 Å². The van der Waals surface area contributed by atoms with Crippen molar-refractivity contribution in [1.29, 1.82) is 0 Å². The summed E-state index contributed by atoms with van der Waals surface area (Å²) in [6.07, 6.45) is 2.29. The Labute approximate surface area is 166 Å². The number of nitrogens with zero attached hydrogens (tertiary/aromatic N) is 2. The highest BCUT2D eigenvalue weighted by atomic mass is 35.5. The number of amides is 2. The van der Waals surface area contributed by atoms with E-state index in [1.165, 1.54) is 0 Å². The van der Waals surface area contributed by atoms with Crippen molar-refractivity contribution < 1.29 is 19.5 Å². The Bertz CT molecular complexity index is 654. The van der Waals surface area contributed by atoms with Crippen LogP contribution in [0, 0.1) is 0 Å². The molecule has 7 nitrogen and oxygen atoms in total. The molecule has 8 heteroatoms. The minimum atomic E-state index is -0.938. The molecular formula is C19H28ClN3O4. The van der Waals surface area contributed by atoms with Gasteiger partial charge in [-0.1, -0.05) is 31.2 Å². The van der Waals surface area contributed by atoms with Crippen molar-refractivity contribution in [2.24, 2.45) is 0 Å². The zero-order valence-corrected chi connectivity index (χ0v) is 16.5. The third-order valence-corrected chi connectivity index (χ3v) is 4.39. The number of aliphatic carboxylic acids is 1. The molecule has 0 unspecified atom stereocenters. The van der Waals surface area contributed by atoms with Gasteiger partial charge in [0.15, 0.2) is 0 Å². The quantitative estimate of drug-likeness (QED) is 0.626. The standard InChI is InChI=1S/C19H27N3O4.ClH/c1-2-9-21(14-19(25)26)13-17(23)20-11-15-6-3-4-7-16(15)12-22-10-5-8-18(22)24;/h3-4,6-7H,2,5,8-14H2,1H3,(H,20,23)(H,25,26);1H. The number of hydrogen-bond acceptors (Lipinski definition) is 4. The maximum absolute atomic E-state index is 12.2. The summed E-state index contributed by atoms with van der Waals surface area (Å²) in [7, 11) is 0. The Morgan fingerprint density at radius 3 is 2.52 bits per heavy atom. The van der Waals surface area contributed by atoms with Crippen molar-refractivity contribution in [3.63, 3.8) is 0 Å². The van der Waals surface area contributed by atoms with Crippen molar-refractivity contribution in [3.05, 3.63) is 35.4 Å². The molecule has 1 aromatic carbocycles. The second kappa shape index (κ2) is 11.6. The minimum Gasteiger partial charge on any atom is -0.480 e. The molecule has 0 saturated carbocycles. The number of benzene rings is 1. The van der Waals surface area contributed by atoms with Crippen LogP contribution in [-0.4, -0.2) is 58.9 Å². The second-order valence-electron chi connectivity index (χ2n) is 6.57. The van der Waals surface area contributed by atoms with E-state index in [9.17, 15) is 14.4 Å². The number of halogens is 1. The van der Waals surface area contributed by atoms with Gasteiger partial charge in [-0.15, -0.1) is 12.4 Å². The summed E-state index contributed by atoms with van der Waals surface area (Å²) in [4.78, 5) is 38.3. The van der Waals surface area contributed by atoms with Crippen LogP contribution < -0.4 is 5.32 Å². The van der Waals surface area contributed by atoms with Crippen LogP contribution in [0.5, 0.6) is 0 Å². The minimum absolute atomic E-state index is 0. The molecule has 0 radical (unpaired) electrons. The monoisotopic (exact) mass is 397 g/mol. The lowest BCUT2D eigenvalue weighted by Crippen LogP contribution is -2.40. The molecule has 0 atom stereocenters. The SMILES string of the molecule is CCCN(CC(=O)O)CC(=O)NCc1ccccc1CN1CCCC1=O.Cl. The van der Waals surface area contributed by atoms with Crippen LogP contribution in [0.1, 0.15) is 37.3 Å². The molecule has 2 amide bonds. The Morgan fingerprint density at radius 2 is 1.93 bits per heavy atom. The van der Waals surface area contributed by atoms with E-state index in [2.05, 4.69) is 5.32 Å². The molecule has 1 saturated heterocycles. The predicted molar refractivity (Wildman–Crippen MR) is 105 cm³/mol. The number of carbonyl (C=O) groups is 3. The number of rotatable bonds is 10. The van der Waals surface area contributed by atoms with E-state index < -0.39 is 5.97 Å². The number of carboxylic acid groups (broad SMARTS) is 1. The van der Waals surface area contributed by atoms with Crippen LogP contribution in [0.3, 0.4) is 0 Å². The summed E-state index contributed by atoms with van der Waals surface area (Å²) in [6, 6.07) is 7.75. The number of nitrogens with one attached hydrogen (secondary N) is 1. The number of hydrogen-bond donors (Lipinski definition) is 2. The summed E-state index contributed by atoms with van der Waals surface area (Å²) in [5, 5.41) is 11.8. The number of carbonyl (C=O) groups excluding carboxylic acids is 2. The topological polar surface area (TPSA) is 89.9 Å². The maximum Gasteiger partial charge on any atom is 0.317 e. The molecule has 2 N–H and O–H groups in total. The molecule has 150 valence electrons. The molecule has 0 spiro atoms. The highest BCUT2D eigenvalue weighted by molar-refractivity contribution is 5.85. The first kappa shape index (κ1) is 22.9. The van der Waals surface area contributed by atoms with Crippen molar-refractivity contribution >= 4 is 30.2 Å². The van der Waals surface area contributed by atoms with E-state index in [1.807, 2.05) is 36.1 Å². The van der Waals surface area contributed by atoms with Gasteiger partial charge in [-0.25, -0.2) is 0 Å². The average molecular weight is 398 g/mol. The molecule has 1 aliphatic heterocycles. The smallest absolute Gasteiger partial charge is 0.317 e. The summed E-state index contributed by atoms with van der Waals surface area (Å²) in [5.74, 6) is -0.966. The highest BCUT2D eigenvalue weighted by Crippen LogP contribution is 2.17. The van der Waals surface area contributed by atoms with Crippen molar-refractivity contribution in [2.75, 3.05) is 26.2 Å². The highest BCUT2D eigenvalue weighted by Gasteiger charge is 2.21. The third-order valence-electron chi connectivity index (χ3n) is 4.39. The zero-order chi connectivity index (χ0) is 18.9. The average Bonchev–Trinajstić information content (AvgIpc) is 2.98. The first-order valence-electron chi connectivity index (χ1n) is 9.05. The fourth-order valence-corrected chi connectivity index (χ4v) is 3.14. The van der Waals surface area contributed by atoms with Gasteiger partial charge in [-0.3, -0.25) is 19.3 Å². The lowest BCUT2D eigenvalue weighted by Gasteiger charge is -2.20. The van der Waals surface area contributed by atoms with Crippen molar-refractivity contribution in [1.82, 2.24) is 15.1 Å². The van der Waals surface area contributed by atoms with Crippen LogP contribution in [0.15, 0.2) is 24.3 Å². The summed E-state index contributed by atoms with van der Waals surface area (Å²) >= 11 is 0. The molecule has 1 aliphatic rings. The molecular weight excluding hydrogens is 370 g/mol. The van der Waals surface area contributed by atoms with Gasteiger partial charge >= 0.3 is 5.97 Å². The Balaban J connectivity index is 0.00000364. The summed E-state index contributed by atoms with van der Waals surface area (Å²) in [5.41, 5.74) is 2.00. The van der Waals surface area contributed by atoms with Gasteiger partial charge in [-0.05, 0) is 30.5 Å². The van der Waals surface area contributed by atoms with Gasteiger partial charge in [0.05, 0.1) is 13.1 Å². The van der Waals surface area contributed by atoms with E-state index in [4.69, 9.17) is 5.11 Å². The number of carboxylic acids is 1. The summed E-state index contributed by atoms with van der Waals surface area (Å²) in [6.45, 7) is 4.13. The van der Waals surface area contributed by atoms with E-state index >= 15 is 0 Å². The largest absolute Gasteiger partial charge is 0.480 e. The van der Waals surface area contributed by atoms with Crippen molar-refractivity contribution in [3.8, 4) is 0 Å². The maximum atomic E-state index is 12.2. The molecule has 27 heavy (non-hydrogen) atoms. The van der Waals surface area contributed by atoms with Gasteiger partial charge in [0, 0.05) is 26.1 Å². The lowest BCUT2D eigenvalue weighted by atomic mass is 10.1. The van der Waals surface area contributed by atoms with Gasteiger partial charge in [0.2, 0.25) is 11.8 Å². The van der Waals surface area contributed by atoms with Crippen LogP contribution in [0.25, 0.3) is 0 Å². The molecule has 2 rings (SSSR count). The molecule has 0 aromatic heterocycles. The molecule has 1 fully saturated rings. The Hall–Kier alpha value is -2.12. The normalized spacial score (nSPS) is 13.6. The van der Waals surface area contributed by atoms with Gasteiger partial charge < -0.3 is 15.3 Å². The van der Waals surface area contributed by atoms with Crippen LogP contribution in [0.2, 0.25) is 0 Å². The number of likely N-dealkylation sites (tertiary alicyclic amines) is 1. The van der Waals surface area contributed by atoms with Crippen LogP contribution >= 0.6 is 12.4 Å². The first-order valence-corrected chi connectivity index (χ1v) is 9.05. The molecule has 1 aromatic rings. The van der Waals surface area contributed by atoms with Gasteiger partial charge in [-0.2, -0.15) is 0 Å². The fraction of sp³-hybridized carbons (Fsp3) is 0.526. The van der Waals surface area contributed by atoms with Crippen LogP contribution in [0.4, 0.5) is 0 Å². The van der Waals surface area contributed by atoms with E-state index in [0.717, 1.165) is 30.5 Å². The summed E-state index contributed by atoms with van der Waals surface area (Å²) < 4.78 is 0. The zero-order valence-electron chi connectivity index (χ0n) is 15.6. The van der Waals surface area contributed by atoms with E-state index in [1.54, 1.807) is 4.90 Å². The van der Waals surface area contributed by atoms with E-state index in [-0.39, 0.29) is 37.3 Å². The molecule has 0 aliphatic carbocycles. The molecule has 1 heterocycles. The predicted octanol–water partition coefficient (Wildman–Crippen LogP) is 1.64. The van der Waals surface area contributed by atoms with Crippen molar-refractivity contribution in [2.45, 2.75) is 39.3 Å². The van der Waals surface area contributed by atoms with Gasteiger partial charge in [0.25, 0.3) is 0 Å². The molecule has 0 bridgehead atoms. The second-order valence-corrected chi connectivity index (χ2v) is 6.57. The Kier molecular flexibility index (Phi) is 9.82.